The Bertz CT molecular complexity index is 3760. The number of rotatable bonds is 8. The van der Waals surface area contributed by atoms with Crippen molar-refractivity contribution < 1.29 is 8.83 Å². The Morgan fingerprint density at radius 1 is 0.448 bits per heavy atom. The molecule has 0 spiro atoms. The predicted octanol–water partition coefficient (Wildman–Crippen LogP) is 18.2. The van der Waals surface area contributed by atoms with Crippen LogP contribution in [-0.4, -0.2) is 5.25 Å². The molecule has 5 heteroatoms. The molecule has 9 aromatic carbocycles. The molecule has 0 saturated carbocycles. The largest absolute Gasteiger partial charge is 0.454 e. The van der Waals surface area contributed by atoms with Crippen LogP contribution in [0.1, 0.15) is 73.3 Å². The molecule has 4 nitrogen and oxygen atoms in total. The van der Waals surface area contributed by atoms with E-state index in [9.17, 15) is 0 Å². The highest BCUT2D eigenvalue weighted by Gasteiger charge is 2.42. The van der Waals surface area contributed by atoms with E-state index in [2.05, 4.69) is 232 Å². The number of anilines is 5. The number of benzene rings is 9. The van der Waals surface area contributed by atoms with Crippen molar-refractivity contribution >= 4 is 101 Å². The van der Waals surface area contributed by atoms with Crippen molar-refractivity contribution in [3.8, 4) is 0 Å². The number of nitrogens with zero attached hydrogens (tertiary/aromatic N) is 2. The van der Waals surface area contributed by atoms with Gasteiger partial charge in [0.2, 0.25) is 0 Å². The van der Waals surface area contributed by atoms with Crippen molar-refractivity contribution in [3.05, 3.63) is 222 Å². The topological polar surface area (TPSA) is 32.8 Å². The highest BCUT2D eigenvalue weighted by atomic mass is 32.2. The zero-order valence-electron chi connectivity index (χ0n) is 37.9. The van der Waals surface area contributed by atoms with E-state index in [0.29, 0.717) is 11.8 Å². The second-order valence-corrected chi connectivity index (χ2v) is 19.9. The number of hydrogen-bond acceptors (Lipinski definition) is 5. The van der Waals surface area contributed by atoms with Gasteiger partial charge in [-0.25, -0.2) is 0 Å². The van der Waals surface area contributed by atoms with Crippen molar-refractivity contribution in [3.63, 3.8) is 0 Å². The molecule has 2 aliphatic rings. The summed E-state index contributed by atoms with van der Waals surface area (Å²) >= 11 is 1.98. The predicted molar refractivity (Wildman–Crippen MR) is 282 cm³/mol. The van der Waals surface area contributed by atoms with E-state index in [1.807, 2.05) is 11.8 Å². The smallest absolute Gasteiger partial charge is 0.159 e. The van der Waals surface area contributed by atoms with E-state index in [1.54, 1.807) is 0 Å². The Hall–Kier alpha value is -7.47. The summed E-state index contributed by atoms with van der Waals surface area (Å²) in [5, 5.41) is 7.08. The minimum Gasteiger partial charge on any atom is -0.454 e. The molecule has 67 heavy (non-hydrogen) atoms. The molecule has 0 bridgehead atoms. The number of hydrogen-bond donors (Lipinski definition) is 0. The summed E-state index contributed by atoms with van der Waals surface area (Å²) in [6.45, 7) is 9.02. The van der Waals surface area contributed by atoms with Gasteiger partial charge in [-0.05, 0) is 100 Å². The van der Waals surface area contributed by atoms with Crippen LogP contribution in [-0.2, 0) is 0 Å². The SMILES string of the molecule is CC(C)c1ccc(N(C2=CC3Sc4cc(N(c5ccc(C(C)C)cc5)c5cccc6c5oc5ccccc56)c5ccccc5c4C3c3ccccc32)c2cccc3c2oc2ccccc23)cc1. The molecule has 0 amide bonds. The van der Waals surface area contributed by atoms with Crippen LogP contribution in [0.3, 0.4) is 0 Å². The van der Waals surface area contributed by atoms with Crippen molar-refractivity contribution in [2.75, 3.05) is 9.80 Å². The Morgan fingerprint density at radius 2 is 0.940 bits per heavy atom. The van der Waals surface area contributed by atoms with Gasteiger partial charge in [0.05, 0.1) is 22.8 Å². The summed E-state index contributed by atoms with van der Waals surface area (Å²) in [5.74, 6) is 0.986. The fourth-order valence-electron chi connectivity index (χ4n) is 10.9. The minimum atomic E-state index is 0.128. The average Bonchev–Trinajstić information content (AvgIpc) is 4.07. The summed E-state index contributed by atoms with van der Waals surface area (Å²) in [5.41, 5.74) is 16.7. The molecule has 0 radical (unpaired) electrons. The van der Waals surface area contributed by atoms with E-state index in [-0.39, 0.29) is 11.2 Å². The van der Waals surface area contributed by atoms with Crippen molar-refractivity contribution in [2.24, 2.45) is 0 Å². The molecule has 324 valence electrons. The molecule has 13 rings (SSSR count). The average molecular weight is 885 g/mol. The van der Waals surface area contributed by atoms with Crippen LogP contribution in [0.15, 0.2) is 208 Å². The summed E-state index contributed by atoms with van der Waals surface area (Å²) in [7, 11) is 0. The fraction of sp³-hybridized carbons (Fsp3) is 0.129. The lowest BCUT2D eigenvalue weighted by molar-refractivity contribution is 0.668. The zero-order valence-corrected chi connectivity index (χ0v) is 38.7. The van der Waals surface area contributed by atoms with Crippen LogP contribution in [0.25, 0.3) is 60.3 Å². The molecule has 1 aliphatic heterocycles. The van der Waals surface area contributed by atoms with Gasteiger partial charge in [-0.1, -0.05) is 161 Å². The molecule has 11 aromatic rings. The van der Waals surface area contributed by atoms with E-state index in [0.717, 1.165) is 78.0 Å². The first kappa shape index (κ1) is 39.9. The van der Waals surface area contributed by atoms with Crippen LogP contribution in [0.2, 0.25) is 0 Å². The van der Waals surface area contributed by atoms with Gasteiger partial charge >= 0.3 is 0 Å². The van der Waals surface area contributed by atoms with Gasteiger partial charge in [-0.3, -0.25) is 0 Å². The second-order valence-electron chi connectivity index (χ2n) is 18.7. The van der Waals surface area contributed by atoms with Gasteiger partial charge in [-0.2, -0.15) is 0 Å². The molecule has 2 unspecified atom stereocenters. The first-order chi connectivity index (χ1) is 32.9. The monoisotopic (exact) mass is 884 g/mol. The minimum absolute atomic E-state index is 0.128. The molecule has 0 N–H and O–H groups in total. The van der Waals surface area contributed by atoms with Crippen LogP contribution in [0, 0.1) is 0 Å². The number of para-hydroxylation sites is 4. The van der Waals surface area contributed by atoms with Gasteiger partial charge < -0.3 is 18.6 Å². The lowest BCUT2D eigenvalue weighted by Gasteiger charge is -2.35. The van der Waals surface area contributed by atoms with E-state index in [4.69, 9.17) is 8.83 Å². The summed E-state index contributed by atoms with van der Waals surface area (Å²) in [4.78, 5) is 6.18. The first-order valence-corrected chi connectivity index (χ1v) is 24.4. The number of fused-ring (bicyclic) bond motifs is 13. The maximum atomic E-state index is 6.80. The molecular weight excluding hydrogens is 837 g/mol. The Morgan fingerprint density at radius 3 is 1.54 bits per heavy atom. The number of furan rings is 2. The highest BCUT2D eigenvalue weighted by molar-refractivity contribution is 8.00. The molecule has 2 aromatic heterocycles. The Balaban J connectivity index is 1.02. The van der Waals surface area contributed by atoms with Crippen molar-refractivity contribution in [1.82, 2.24) is 0 Å². The van der Waals surface area contributed by atoms with Gasteiger partial charge in [0.15, 0.2) is 11.2 Å². The van der Waals surface area contributed by atoms with Crippen LogP contribution >= 0.6 is 11.8 Å². The molecule has 3 heterocycles. The van der Waals surface area contributed by atoms with Gasteiger partial charge in [0.25, 0.3) is 0 Å². The lowest BCUT2D eigenvalue weighted by Crippen LogP contribution is -2.24. The summed E-state index contributed by atoms with van der Waals surface area (Å²) in [6, 6.07) is 68.8. The van der Waals surface area contributed by atoms with Gasteiger partial charge in [-0.15, -0.1) is 11.8 Å². The lowest BCUT2D eigenvalue weighted by atomic mass is 9.78. The second kappa shape index (κ2) is 15.6. The van der Waals surface area contributed by atoms with Crippen LogP contribution in [0.4, 0.5) is 28.4 Å². The third kappa shape index (κ3) is 6.28. The van der Waals surface area contributed by atoms with E-state index in [1.165, 1.54) is 43.5 Å². The highest BCUT2D eigenvalue weighted by Crippen LogP contribution is 2.59. The standard InChI is InChI=1S/C62H48N2O2S/c1-37(2)39-27-31-41(32-28-39)63(51-23-13-21-49-45-17-9-11-25-55(45)65-61(49)51)53-35-57-59(47-19-7-5-15-43(47)53)60-48-20-8-6-16-44(48)54(36-58(60)67-57)64(42-33-29-40(30-34-42)38(3)4)52-24-14-22-50-46-18-10-12-26-56(46)66-62(50)52/h5-38,57,59H,1-4H3. The quantitative estimate of drug-likeness (QED) is 0.152. The van der Waals surface area contributed by atoms with Crippen LogP contribution in [0.5, 0.6) is 0 Å². The maximum Gasteiger partial charge on any atom is 0.159 e. The number of thioether (sulfide) groups is 1. The van der Waals surface area contributed by atoms with E-state index < -0.39 is 0 Å². The molecule has 0 saturated heterocycles. The van der Waals surface area contributed by atoms with E-state index >= 15 is 0 Å². The van der Waals surface area contributed by atoms with Gasteiger partial charge in [0.1, 0.15) is 11.2 Å². The van der Waals surface area contributed by atoms with Crippen molar-refractivity contribution in [1.29, 1.82) is 0 Å². The maximum absolute atomic E-state index is 6.80. The molecular formula is C62H48N2O2S. The zero-order chi connectivity index (χ0) is 44.9. The first-order valence-electron chi connectivity index (χ1n) is 23.5. The molecule has 0 fully saturated rings. The third-order valence-corrected chi connectivity index (χ3v) is 15.5. The summed E-state index contributed by atoms with van der Waals surface area (Å²) < 4.78 is 13.6. The molecule has 1 aliphatic carbocycles. The van der Waals surface area contributed by atoms with Gasteiger partial charge in [0, 0.05) is 59.9 Å². The normalized spacial score (nSPS) is 15.5. The van der Waals surface area contributed by atoms with Crippen LogP contribution < -0.4 is 9.80 Å². The van der Waals surface area contributed by atoms with Crippen molar-refractivity contribution in [2.45, 2.75) is 55.6 Å². The summed E-state index contributed by atoms with van der Waals surface area (Å²) in [6.07, 6.45) is 2.54. The fourth-order valence-corrected chi connectivity index (χ4v) is 12.3. The Labute approximate surface area is 394 Å². The molecule has 2 atom stereocenters. The Kier molecular flexibility index (Phi) is 9.26. The third-order valence-electron chi connectivity index (χ3n) is 14.2.